The average molecular weight is 140 g/mol. The zero-order valence-corrected chi connectivity index (χ0v) is 6.39. The van der Waals surface area contributed by atoms with Crippen molar-refractivity contribution in [2.24, 2.45) is 11.8 Å². The molecule has 2 nitrogen and oxygen atoms in total. The highest BCUT2D eigenvalue weighted by Crippen LogP contribution is 2.58. The number of carbonyl (C=O) groups is 1. The molecule has 0 amide bonds. The molecule has 0 N–H and O–H groups in total. The molecule has 2 rings (SSSR count). The first kappa shape index (κ1) is 6.20. The number of rotatable bonds is 0. The van der Waals surface area contributed by atoms with E-state index >= 15 is 0 Å². The maximum Gasteiger partial charge on any atom is 0.306 e. The topological polar surface area (TPSA) is 26.3 Å². The molecule has 2 fully saturated rings. The van der Waals surface area contributed by atoms with Crippen LogP contribution in [-0.4, -0.2) is 11.6 Å². The molecular weight excluding hydrogens is 128 g/mol. The number of hydrogen-bond donors (Lipinski definition) is 0. The van der Waals surface area contributed by atoms with Gasteiger partial charge in [-0.2, -0.15) is 0 Å². The van der Waals surface area contributed by atoms with Crippen molar-refractivity contribution in [1.82, 2.24) is 0 Å². The number of ether oxygens (including phenoxy) is 1. The van der Waals surface area contributed by atoms with Crippen LogP contribution < -0.4 is 0 Å². The van der Waals surface area contributed by atoms with Crippen molar-refractivity contribution in [2.75, 3.05) is 0 Å². The summed E-state index contributed by atoms with van der Waals surface area (Å²) in [5, 5.41) is 0. The highest BCUT2D eigenvalue weighted by Gasteiger charge is 2.64. The Morgan fingerprint density at radius 1 is 1.50 bits per heavy atom. The van der Waals surface area contributed by atoms with Crippen LogP contribution in [0.3, 0.4) is 0 Å². The normalized spacial score (nSPS) is 51.6. The molecule has 1 saturated carbocycles. The summed E-state index contributed by atoms with van der Waals surface area (Å²) in [7, 11) is 0. The van der Waals surface area contributed by atoms with Gasteiger partial charge in [-0.25, -0.2) is 0 Å². The van der Waals surface area contributed by atoms with E-state index in [0.29, 0.717) is 18.3 Å². The minimum absolute atomic E-state index is 0.00352. The average Bonchev–Trinajstić information content (AvgIpc) is 2.37. The van der Waals surface area contributed by atoms with E-state index in [0.717, 1.165) is 6.42 Å². The Morgan fingerprint density at radius 2 is 2.10 bits per heavy atom. The molecule has 56 valence electrons. The van der Waals surface area contributed by atoms with E-state index in [2.05, 4.69) is 13.8 Å². The predicted molar refractivity (Wildman–Crippen MR) is 36.4 cm³/mol. The third-order valence-electron chi connectivity index (χ3n) is 3.21. The van der Waals surface area contributed by atoms with Crippen LogP contribution in [0.4, 0.5) is 0 Å². The van der Waals surface area contributed by atoms with Crippen LogP contribution in [0.25, 0.3) is 0 Å². The highest BCUT2D eigenvalue weighted by molar-refractivity contribution is 5.73. The largest absolute Gasteiger partial charge is 0.458 e. The molecular formula is C8H12O2. The van der Waals surface area contributed by atoms with Crippen molar-refractivity contribution in [3.63, 3.8) is 0 Å². The van der Waals surface area contributed by atoms with Gasteiger partial charge in [0.15, 0.2) is 0 Å². The van der Waals surface area contributed by atoms with Gasteiger partial charge in [-0.3, -0.25) is 4.79 Å². The maximum absolute atomic E-state index is 10.8. The van der Waals surface area contributed by atoms with Gasteiger partial charge >= 0.3 is 5.97 Å². The van der Waals surface area contributed by atoms with Crippen molar-refractivity contribution in [3.8, 4) is 0 Å². The zero-order valence-electron chi connectivity index (χ0n) is 6.39. The van der Waals surface area contributed by atoms with E-state index in [1.54, 1.807) is 0 Å². The molecule has 1 aliphatic heterocycles. The summed E-state index contributed by atoms with van der Waals surface area (Å²) in [5.74, 6) is 1.19. The van der Waals surface area contributed by atoms with Gasteiger partial charge < -0.3 is 4.74 Å². The third kappa shape index (κ3) is 0.522. The summed E-state index contributed by atoms with van der Waals surface area (Å²) in [5.41, 5.74) is -0.0168. The molecule has 0 radical (unpaired) electrons. The first-order valence-corrected chi connectivity index (χ1v) is 3.88. The monoisotopic (exact) mass is 140 g/mol. The van der Waals surface area contributed by atoms with Crippen LogP contribution in [-0.2, 0) is 9.53 Å². The second-order valence-corrected chi connectivity index (χ2v) is 3.51. The molecule has 2 atom stereocenters. The zero-order chi connectivity index (χ0) is 7.35. The van der Waals surface area contributed by atoms with Crippen LogP contribution >= 0.6 is 0 Å². The van der Waals surface area contributed by atoms with E-state index in [4.69, 9.17) is 4.74 Å². The Bertz CT molecular complexity index is 178. The van der Waals surface area contributed by atoms with Crippen LogP contribution in [0, 0.1) is 11.8 Å². The van der Waals surface area contributed by atoms with Crippen molar-refractivity contribution in [1.29, 1.82) is 0 Å². The summed E-state index contributed by atoms with van der Waals surface area (Å²) in [6.45, 7) is 4.31. The fourth-order valence-corrected chi connectivity index (χ4v) is 2.08. The second-order valence-electron chi connectivity index (χ2n) is 3.51. The lowest BCUT2D eigenvalue weighted by atomic mass is 10.2. The van der Waals surface area contributed by atoms with E-state index in [1.807, 2.05) is 0 Å². The van der Waals surface area contributed by atoms with E-state index < -0.39 is 0 Å². The van der Waals surface area contributed by atoms with Gasteiger partial charge in [-0.05, 0) is 6.42 Å². The quantitative estimate of drug-likeness (QED) is 0.475. The molecule has 1 spiro atoms. The molecule has 10 heavy (non-hydrogen) atoms. The Hall–Kier alpha value is -0.530. The fourth-order valence-electron chi connectivity index (χ4n) is 2.08. The molecule has 0 aromatic heterocycles. The van der Waals surface area contributed by atoms with Crippen LogP contribution in [0.1, 0.15) is 26.7 Å². The molecule has 2 heteroatoms. The van der Waals surface area contributed by atoms with Crippen molar-refractivity contribution in [3.05, 3.63) is 0 Å². The van der Waals surface area contributed by atoms with Gasteiger partial charge in [0.05, 0.1) is 0 Å². The summed E-state index contributed by atoms with van der Waals surface area (Å²) >= 11 is 0. The number of carbonyl (C=O) groups excluding carboxylic acids is 1. The van der Waals surface area contributed by atoms with Crippen LogP contribution in [0.5, 0.6) is 0 Å². The van der Waals surface area contributed by atoms with E-state index in [9.17, 15) is 4.79 Å². The Morgan fingerprint density at radius 3 is 2.30 bits per heavy atom. The molecule has 0 aromatic carbocycles. The molecule has 1 saturated heterocycles. The van der Waals surface area contributed by atoms with Crippen molar-refractivity contribution >= 4 is 5.97 Å². The van der Waals surface area contributed by atoms with Gasteiger partial charge in [0.2, 0.25) is 0 Å². The summed E-state index contributed by atoms with van der Waals surface area (Å²) in [4.78, 5) is 10.8. The molecule has 0 bridgehead atoms. The second kappa shape index (κ2) is 1.55. The SMILES string of the molecule is CC1C(C)C12CCC(=O)O2. The number of hydrogen-bond acceptors (Lipinski definition) is 2. The lowest BCUT2D eigenvalue weighted by Crippen LogP contribution is -2.11. The summed E-state index contributed by atoms with van der Waals surface area (Å²) in [6, 6.07) is 0. The standard InChI is InChI=1S/C8H12O2/c1-5-6(2)8(5)4-3-7(9)10-8/h5-6H,3-4H2,1-2H3. The Balaban J connectivity index is 2.15. The number of esters is 1. The highest BCUT2D eigenvalue weighted by atomic mass is 16.6. The summed E-state index contributed by atoms with van der Waals surface area (Å²) in [6.07, 6.45) is 1.59. The fraction of sp³-hybridized carbons (Fsp3) is 0.875. The smallest absolute Gasteiger partial charge is 0.306 e. The lowest BCUT2D eigenvalue weighted by molar-refractivity contribution is -0.143. The van der Waals surface area contributed by atoms with Crippen molar-refractivity contribution in [2.45, 2.75) is 32.3 Å². The minimum atomic E-state index is -0.0168. The maximum atomic E-state index is 10.8. The van der Waals surface area contributed by atoms with Gasteiger partial charge in [0, 0.05) is 18.3 Å². The first-order chi connectivity index (χ1) is 4.67. The predicted octanol–water partition coefficient (Wildman–Crippen LogP) is 1.35. The molecule has 2 aliphatic rings. The van der Waals surface area contributed by atoms with Gasteiger partial charge in [0.25, 0.3) is 0 Å². The molecule has 0 aromatic rings. The molecule has 1 heterocycles. The van der Waals surface area contributed by atoms with Gasteiger partial charge in [0.1, 0.15) is 5.60 Å². The Kier molecular flexibility index (Phi) is 0.960. The minimum Gasteiger partial charge on any atom is -0.458 e. The van der Waals surface area contributed by atoms with E-state index in [1.165, 1.54) is 0 Å². The van der Waals surface area contributed by atoms with Crippen LogP contribution in [0.15, 0.2) is 0 Å². The van der Waals surface area contributed by atoms with Crippen molar-refractivity contribution < 1.29 is 9.53 Å². The van der Waals surface area contributed by atoms with Gasteiger partial charge in [-0.15, -0.1) is 0 Å². The first-order valence-electron chi connectivity index (χ1n) is 3.88. The third-order valence-corrected chi connectivity index (χ3v) is 3.21. The van der Waals surface area contributed by atoms with E-state index in [-0.39, 0.29) is 11.6 Å². The van der Waals surface area contributed by atoms with Crippen LogP contribution in [0.2, 0.25) is 0 Å². The molecule has 1 aliphatic carbocycles. The lowest BCUT2D eigenvalue weighted by Gasteiger charge is -2.05. The van der Waals surface area contributed by atoms with Gasteiger partial charge in [-0.1, -0.05) is 13.8 Å². The summed E-state index contributed by atoms with van der Waals surface area (Å²) < 4.78 is 5.25. The molecule has 2 unspecified atom stereocenters. The Labute approximate surface area is 60.6 Å².